The Bertz CT molecular complexity index is 1130. The summed E-state index contributed by atoms with van der Waals surface area (Å²) in [5.74, 6) is 1.05. The summed E-state index contributed by atoms with van der Waals surface area (Å²) in [5, 5.41) is 11.1. The molecule has 2 aromatic carbocycles. The Morgan fingerprint density at radius 1 is 1.00 bits per heavy atom. The number of benzene rings is 2. The Balaban J connectivity index is 1.51. The van der Waals surface area contributed by atoms with E-state index in [2.05, 4.69) is 14.8 Å². The number of ether oxygens (including phenoxy) is 3. The van der Waals surface area contributed by atoms with E-state index in [1.165, 1.54) is 0 Å². The molecular formula is C25H31N3O5. The average Bonchev–Trinajstić information content (AvgIpc) is 3.15. The van der Waals surface area contributed by atoms with Gasteiger partial charge >= 0.3 is 5.97 Å². The van der Waals surface area contributed by atoms with Crippen molar-refractivity contribution >= 4 is 16.9 Å². The van der Waals surface area contributed by atoms with Crippen LogP contribution in [0.1, 0.15) is 22.9 Å². The van der Waals surface area contributed by atoms with Gasteiger partial charge in [0.05, 0.1) is 21.3 Å². The van der Waals surface area contributed by atoms with Crippen LogP contribution in [0.25, 0.3) is 10.9 Å². The van der Waals surface area contributed by atoms with Gasteiger partial charge in [-0.1, -0.05) is 24.3 Å². The highest BCUT2D eigenvalue weighted by atomic mass is 16.5. The van der Waals surface area contributed by atoms with E-state index in [0.717, 1.165) is 40.8 Å². The molecule has 8 nitrogen and oxygen atoms in total. The van der Waals surface area contributed by atoms with E-state index < -0.39 is 12.0 Å². The van der Waals surface area contributed by atoms with Gasteiger partial charge in [-0.25, -0.2) is 0 Å². The molecule has 4 rings (SSSR count). The molecule has 1 atom stereocenters. The predicted octanol–water partition coefficient (Wildman–Crippen LogP) is 3.45. The van der Waals surface area contributed by atoms with E-state index >= 15 is 0 Å². The number of hydrogen-bond donors (Lipinski definition) is 2. The highest BCUT2D eigenvalue weighted by Gasteiger charge is 2.33. The van der Waals surface area contributed by atoms with Crippen molar-refractivity contribution < 1.29 is 24.1 Å². The molecule has 33 heavy (non-hydrogen) atoms. The minimum absolute atomic E-state index is 0.580. The van der Waals surface area contributed by atoms with Gasteiger partial charge in [0.15, 0.2) is 11.5 Å². The number of carboxylic acids is 1. The van der Waals surface area contributed by atoms with Gasteiger partial charge < -0.3 is 24.3 Å². The third kappa shape index (κ3) is 4.36. The van der Waals surface area contributed by atoms with E-state index in [4.69, 9.17) is 14.2 Å². The zero-order valence-corrected chi connectivity index (χ0v) is 19.6. The number of carbonyl (C=O) groups is 1. The van der Waals surface area contributed by atoms with E-state index in [0.29, 0.717) is 36.9 Å². The van der Waals surface area contributed by atoms with Crippen molar-refractivity contribution in [1.29, 1.82) is 0 Å². The summed E-state index contributed by atoms with van der Waals surface area (Å²) in [6, 6.07) is 11.1. The van der Waals surface area contributed by atoms with Gasteiger partial charge in [-0.15, -0.1) is 0 Å². The van der Waals surface area contributed by atoms with E-state index in [-0.39, 0.29) is 0 Å². The Kier molecular flexibility index (Phi) is 6.76. The maximum absolute atomic E-state index is 12.4. The first-order valence-corrected chi connectivity index (χ1v) is 11.0. The monoisotopic (exact) mass is 453 g/mol. The molecule has 0 amide bonds. The molecule has 0 spiro atoms. The Hall–Kier alpha value is -3.23. The number of methoxy groups -OCH3 is 3. The lowest BCUT2D eigenvalue weighted by atomic mass is 10.0. The Morgan fingerprint density at radius 3 is 2.33 bits per heavy atom. The predicted molar refractivity (Wildman–Crippen MR) is 126 cm³/mol. The van der Waals surface area contributed by atoms with Gasteiger partial charge in [0.25, 0.3) is 0 Å². The molecule has 1 aromatic heterocycles. The van der Waals surface area contributed by atoms with Gasteiger partial charge in [0, 0.05) is 60.4 Å². The zero-order valence-electron chi connectivity index (χ0n) is 19.6. The van der Waals surface area contributed by atoms with Gasteiger partial charge in [0.1, 0.15) is 6.04 Å². The number of hydrogen-bond acceptors (Lipinski definition) is 6. The van der Waals surface area contributed by atoms with Crippen molar-refractivity contribution in [3.63, 3.8) is 0 Å². The number of para-hydroxylation sites is 1. The van der Waals surface area contributed by atoms with Gasteiger partial charge in [-0.2, -0.15) is 0 Å². The van der Waals surface area contributed by atoms with Crippen molar-refractivity contribution in [1.82, 2.24) is 14.8 Å². The molecule has 1 unspecified atom stereocenters. The van der Waals surface area contributed by atoms with Gasteiger partial charge in [-0.3, -0.25) is 14.6 Å². The maximum atomic E-state index is 12.4. The highest BCUT2D eigenvalue weighted by Crippen LogP contribution is 2.40. The molecule has 2 N–H and O–H groups in total. The van der Waals surface area contributed by atoms with Crippen LogP contribution in [0.3, 0.4) is 0 Å². The van der Waals surface area contributed by atoms with E-state index in [1.54, 1.807) is 21.3 Å². The zero-order chi connectivity index (χ0) is 23.5. The van der Waals surface area contributed by atoms with Crippen LogP contribution in [0.2, 0.25) is 0 Å². The molecule has 1 saturated heterocycles. The number of rotatable bonds is 8. The summed E-state index contributed by atoms with van der Waals surface area (Å²) < 4.78 is 16.5. The van der Waals surface area contributed by atoms with Crippen LogP contribution in [0.4, 0.5) is 0 Å². The lowest BCUT2D eigenvalue weighted by molar-refractivity contribution is -0.144. The summed E-state index contributed by atoms with van der Waals surface area (Å²) in [5.41, 5.74) is 3.73. The number of aromatic amines is 1. The molecule has 0 radical (unpaired) electrons. The second-order valence-electron chi connectivity index (χ2n) is 8.26. The van der Waals surface area contributed by atoms with Crippen molar-refractivity contribution in [2.45, 2.75) is 19.5 Å². The van der Waals surface area contributed by atoms with Gasteiger partial charge in [-0.05, 0) is 19.1 Å². The molecule has 8 heteroatoms. The normalized spacial score (nSPS) is 16.0. The van der Waals surface area contributed by atoms with Crippen LogP contribution in [-0.2, 0) is 11.3 Å². The summed E-state index contributed by atoms with van der Waals surface area (Å²) >= 11 is 0. The summed E-state index contributed by atoms with van der Waals surface area (Å²) in [4.78, 5) is 20.1. The fourth-order valence-corrected chi connectivity index (χ4v) is 4.82. The molecule has 1 aliphatic heterocycles. The van der Waals surface area contributed by atoms with Crippen molar-refractivity contribution in [2.75, 3.05) is 47.5 Å². The van der Waals surface area contributed by atoms with Crippen LogP contribution in [0.15, 0.2) is 36.4 Å². The van der Waals surface area contributed by atoms with Crippen molar-refractivity contribution in [2.24, 2.45) is 0 Å². The number of aryl methyl sites for hydroxylation is 1. The average molecular weight is 454 g/mol. The number of aromatic nitrogens is 1. The van der Waals surface area contributed by atoms with Crippen molar-refractivity contribution in [3.8, 4) is 17.2 Å². The molecule has 1 aliphatic rings. The number of piperazine rings is 1. The summed E-state index contributed by atoms with van der Waals surface area (Å²) in [6.07, 6.45) is 0. The number of fused-ring (bicyclic) bond motifs is 1. The first-order valence-electron chi connectivity index (χ1n) is 11.0. The Labute approximate surface area is 193 Å². The fraction of sp³-hybridized carbons (Fsp3) is 0.400. The third-order valence-electron chi connectivity index (χ3n) is 6.40. The molecule has 0 aliphatic carbocycles. The van der Waals surface area contributed by atoms with Crippen LogP contribution >= 0.6 is 0 Å². The molecular weight excluding hydrogens is 422 g/mol. The second-order valence-corrected chi connectivity index (χ2v) is 8.26. The second kappa shape index (κ2) is 9.72. The number of aliphatic carboxylic acids is 1. The SMILES string of the molecule is COc1ccc(CN2CCN(C(C(=O)O)c3c(C)[nH]c4ccccc34)CC2)c(OC)c1OC. The molecule has 3 aromatic rings. The van der Waals surface area contributed by atoms with Crippen LogP contribution in [-0.4, -0.2) is 73.4 Å². The highest BCUT2D eigenvalue weighted by molar-refractivity contribution is 5.90. The molecule has 0 bridgehead atoms. The van der Waals surface area contributed by atoms with Gasteiger partial charge in [0.2, 0.25) is 5.75 Å². The lowest BCUT2D eigenvalue weighted by Crippen LogP contribution is -2.49. The quantitative estimate of drug-likeness (QED) is 0.540. The number of nitrogens with zero attached hydrogens (tertiary/aromatic N) is 2. The smallest absolute Gasteiger partial charge is 0.325 e. The third-order valence-corrected chi connectivity index (χ3v) is 6.40. The minimum atomic E-state index is -0.821. The number of carboxylic acid groups (broad SMARTS) is 1. The van der Waals surface area contributed by atoms with Crippen LogP contribution in [0.5, 0.6) is 17.2 Å². The Morgan fingerprint density at radius 2 is 1.70 bits per heavy atom. The van der Waals surface area contributed by atoms with E-state index in [1.807, 2.05) is 43.3 Å². The van der Waals surface area contributed by atoms with Crippen molar-refractivity contribution in [3.05, 3.63) is 53.2 Å². The van der Waals surface area contributed by atoms with E-state index in [9.17, 15) is 9.90 Å². The summed E-state index contributed by atoms with van der Waals surface area (Å²) in [6.45, 7) is 5.45. The molecule has 176 valence electrons. The fourth-order valence-electron chi connectivity index (χ4n) is 4.82. The first kappa shape index (κ1) is 22.9. The number of H-pyrrole nitrogens is 1. The standard InChI is InChI=1S/C25H31N3O5/c1-16-21(18-7-5-6-8-19(18)26-16)22(25(29)30)28-13-11-27(12-14-28)15-17-9-10-20(31-2)24(33-4)23(17)32-3/h5-10,22,26H,11-15H2,1-4H3,(H,29,30). The summed E-state index contributed by atoms with van der Waals surface area (Å²) in [7, 11) is 4.83. The van der Waals surface area contributed by atoms with Crippen LogP contribution in [0, 0.1) is 6.92 Å². The van der Waals surface area contributed by atoms with Crippen LogP contribution < -0.4 is 14.2 Å². The largest absolute Gasteiger partial charge is 0.493 e. The maximum Gasteiger partial charge on any atom is 0.325 e. The lowest BCUT2D eigenvalue weighted by Gasteiger charge is -2.38. The number of nitrogens with one attached hydrogen (secondary N) is 1. The topological polar surface area (TPSA) is 87.3 Å². The minimum Gasteiger partial charge on any atom is -0.493 e. The molecule has 1 fully saturated rings. The molecule has 0 saturated carbocycles. The first-order chi connectivity index (χ1) is 16.0. The molecule has 2 heterocycles.